The summed E-state index contributed by atoms with van der Waals surface area (Å²) < 4.78 is 0. The van der Waals surface area contributed by atoms with Crippen LogP contribution in [0.25, 0.3) is 6.08 Å². The van der Waals surface area contributed by atoms with Crippen LogP contribution >= 0.6 is 11.6 Å². The van der Waals surface area contributed by atoms with Gasteiger partial charge in [-0.1, -0.05) is 53.6 Å². The van der Waals surface area contributed by atoms with Gasteiger partial charge in [0, 0.05) is 17.0 Å². The summed E-state index contributed by atoms with van der Waals surface area (Å²) in [7, 11) is 0. The van der Waals surface area contributed by atoms with Crippen molar-refractivity contribution in [2.24, 2.45) is 5.10 Å². The van der Waals surface area contributed by atoms with Gasteiger partial charge in [0.1, 0.15) is 0 Å². The number of hydrazone groups is 1. The lowest BCUT2D eigenvalue weighted by molar-refractivity contribution is -0.117. The summed E-state index contributed by atoms with van der Waals surface area (Å²) >= 11 is 5.88. The first-order valence-electron chi connectivity index (χ1n) is 7.02. The largest absolute Gasteiger partial charge is 0.268 e. The van der Waals surface area contributed by atoms with Crippen LogP contribution in [0.1, 0.15) is 23.1 Å². The molecule has 110 valence electrons. The molecular weight excluding hydrogens is 296 g/mol. The second-order valence-electron chi connectivity index (χ2n) is 5.26. The van der Waals surface area contributed by atoms with Gasteiger partial charge in [-0.25, -0.2) is 5.43 Å². The first-order valence-corrected chi connectivity index (χ1v) is 7.40. The number of nitrogens with one attached hydrogen (secondary N) is 1. The summed E-state index contributed by atoms with van der Waals surface area (Å²) in [6, 6.07) is 15.5. The molecule has 0 atom stereocenters. The highest BCUT2D eigenvalue weighted by molar-refractivity contribution is 6.30. The fraction of sp³-hybridized carbons (Fsp3) is 0.111. The van der Waals surface area contributed by atoms with Crippen molar-refractivity contribution in [2.75, 3.05) is 0 Å². The summed E-state index contributed by atoms with van der Waals surface area (Å²) in [4.78, 5) is 12.0. The second-order valence-corrected chi connectivity index (χ2v) is 5.70. The number of hydrogen-bond acceptors (Lipinski definition) is 2. The Labute approximate surface area is 134 Å². The minimum atomic E-state index is -0.161. The lowest BCUT2D eigenvalue weighted by atomic mass is 9.98. The Morgan fingerprint density at radius 3 is 2.45 bits per heavy atom. The van der Waals surface area contributed by atoms with E-state index in [2.05, 4.69) is 10.5 Å². The SMILES string of the molecule is Cc1ccc(C2=NNC(=O)C(=Cc3ccc(Cl)cc3)C2)cc1. The quantitative estimate of drug-likeness (QED) is 0.838. The highest BCUT2D eigenvalue weighted by atomic mass is 35.5. The topological polar surface area (TPSA) is 41.5 Å². The van der Waals surface area contributed by atoms with Crippen molar-refractivity contribution in [3.8, 4) is 0 Å². The first-order chi connectivity index (χ1) is 10.6. The van der Waals surface area contributed by atoms with Gasteiger partial charge < -0.3 is 0 Å². The molecule has 0 saturated carbocycles. The molecule has 0 aliphatic carbocycles. The van der Waals surface area contributed by atoms with E-state index in [9.17, 15) is 4.79 Å². The predicted molar refractivity (Wildman–Crippen MR) is 89.9 cm³/mol. The maximum Gasteiger partial charge on any atom is 0.267 e. The Morgan fingerprint density at radius 1 is 1.09 bits per heavy atom. The molecule has 1 aliphatic heterocycles. The maximum absolute atomic E-state index is 12.0. The van der Waals surface area contributed by atoms with Crippen molar-refractivity contribution in [3.05, 3.63) is 75.8 Å². The standard InChI is InChI=1S/C18H15ClN2O/c1-12-2-6-14(7-3-12)17-11-15(18(22)21-20-17)10-13-4-8-16(19)9-5-13/h2-10H,11H2,1H3,(H,21,22). The Balaban J connectivity index is 1.87. The number of carbonyl (C=O) groups is 1. The number of nitrogens with zero attached hydrogens (tertiary/aromatic N) is 1. The van der Waals surface area contributed by atoms with E-state index in [0.717, 1.165) is 16.8 Å². The van der Waals surface area contributed by atoms with Crippen LogP contribution in [0.3, 0.4) is 0 Å². The Bertz CT molecular complexity index is 759. The van der Waals surface area contributed by atoms with Crippen LogP contribution in [0.5, 0.6) is 0 Å². The predicted octanol–water partition coefficient (Wildman–Crippen LogP) is 3.96. The molecule has 1 amide bonds. The summed E-state index contributed by atoms with van der Waals surface area (Å²) in [6.45, 7) is 2.04. The van der Waals surface area contributed by atoms with E-state index in [4.69, 9.17) is 11.6 Å². The molecule has 3 rings (SSSR count). The molecule has 0 spiro atoms. The molecule has 0 radical (unpaired) electrons. The summed E-state index contributed by atoms with van der Waals surface area (Å²) in [5.41, 5.74) is 7.29. The maximum atomic E-state index is 12.0. The lowest BCUT2D eigenvalue weighted by Crippen LogP contribution is -2.28. The van der Waals surface area contributed by atoms with Crippen molar-refractivity contribution in [1.29, 1.82) is 0 Å². The Morgan fingerprint density at radius 2 is 1.77 bits per heavy atom. The minimum absolute atomic E-state index is 0.161. The molecule has 0 saturated heterocycles. The van der Waals surface area contributed by atoms with E-state index < -0.39 is 0 Å². The van der Waals surface area contributed by atoms with E-state index in [1.165, 1.54) is 5.56 Å². The molecule has 22 heavy (non-hydrogen) atoms. The molecule has 0 aromatic heterocycles. The van der Waals surface area contributed by atoms with Gasteiger partial charge in [-0.15, -0.1) is 0 Å². The molecular formula is C18H15ClN2O. The van der Waals surface area contributed by atoms with Gasteiger partial charge in [-0.2, -0.15) is 5.10 Å². The Kier molecular flexibility index (Phi) is 4.07. The summed E-state index contributed by atoms with van der Waals surface area (Å²) in [5.74, 6) is -0.161. The van der Waals surface area contributed by atoms with Crippen LogP contribution in [0.15, 0.2) is 59.2 Å². The highest BCUT2D eigenvalue weighted by Crippen LogP contribution is 2.19. The third-order valence-electron chi connectivity index (χ3n) is 3.54. The third kappa shape index (κ3) is 3.26. The number of carbonyl (C=O) groups excluding carboxylic acids is 1. The fourth-order valence-corrected chi connectivity index (χ4v) is 2.41. The van der Waals surface area contributed by atoms with Crippen molar-refractivity contribution in [1.82, 2.24) is 5.43 Å². The van der Waals surface area contributed by atoms with Crippen LogP contribution in [-0.2, 0) is 4.79 Å². The van der Waals surface area contributed by atoms with Gasteiger partial charge in [0.15, 0.2) is 0 Å². The molecule has 1 heterocycles. The van der Waals surface area contributed by atoms with Crippen LogP contribution in [-0.4, -0.2) is 11.6 Å². The average molecular weight is 311 g/mol. The number of halogens is 1. The zero-order chi connectivity index (χ0) is 15.5. The lowest BCUT2D eigenvalue weighted by Gasteiger charge is -2.15. The molecule has 2 aromatic carbocycles. The molecule has 0 bridgehead atoms. The number of hydrogen-bond donors (Lipinski definition) is 1. The van der Waals surface area contributed by atoms with Gasteiger partial charge >= 0.3 is 0 Å². The fourth-order valence-electron chi connectivity index (χ4n) is 2.28. The average Bonchev–Trinajstić information content (AvgIpc) is 2.52. The van der Waals surface area contributed by atoms with Crippen molar-refractivity contribution < 1.29 is 4.79 Å². The van der Waals surface area contributed by atoms with E-state index in [1.807, 2.05) is 61.5 Å². The third-order valence-corrected chi connectivity index (χ3v) is 3.79. The number of rotatable bonds is 2. The molecule has 4 heteroatoms. The van der Waals surface area contributed by atoms with Crippen LogP contribution in [0.4, 0.5) is 0 Å². The monoisotopic (exact) mass is 310 g/mol. The number of aryl methyl sites for hydroxylation is 1. The molecule has 3 nitrogen and oxygen atoms in total. The van der Waals surface area contributed by atoms with E-state index in [0.29, 0.717) is 17.0 Å². The Hall–Kier alpha value is -2.39. The van der Waals surface area contributed by atoms with Gasteiger partial charge in [-0.3, -0.25) is 4.79 Å². The number of benzene rings is 2. The first kappa shape index (κ1) is 14.5. The highest BCUT2D eigenvalue weighted by Gasteiger charge is 2.19. The van der Waals surface area contributed by atoms with E-state index >= 15 is 0 Å². The van der Waals surface area contributed by atoms with Gasteiger partial charge in [0.2, 0.25) is 0 Å². The van der Waals surface area contributed by atoms with Gasteiger partial charge in [0.25, 0.3) is 5.91 Å². The molecule has 1 N–H and O–H groups in total. The summed E-state index contributed by atoms with van der Waals surface area (Å²) in [5, 5.41) is 4.85. The zero-order valence-corrected chi connectivity index (χ0v) is 12.9. The van der Waals surface area contributed by atoms with Gasteiger partial charge in [-0.05, 0) is 36.3 Å². The van der Waals surface area contributed by atoms with E-state index in [-0.39, 0.29) is 5.91 Å². The minimum Gasteiger partial charge on any atom is -0.268 e. The van der Waals surface area contributed by atoms with E-state index in [1.54, 1.807) is 0 Å². The van der Waals surface area contributed by atoms with Crippen molar-refractivity contribution >= 4 is 29.3 Å². The zero-order valence-electron chi connectivity index (χ0n) is 12.1. The van der Waals surface area contributed by atoms with Crippen LogP contribution in [0, 0.1) is 6.92 Å². The van der Waals surface area contributed by atoms with Crippen LogP contribution in [0.2, 0.25) is 5.02 Å². The van der Waals surface area contributed by atoms with Crippen molar-refractivity contribution in [3.63, 3.8) is 0 Å². The van der Waals surface area contributed by atoms with Crippen molar-refractivity contribution in [2.45, 2.75) is 13.3 Å². The summed E-state index contributed by atoms with van der Waals surface area (Å²) in [6.07, 6.45) is 2.38. The van der Waals surface area contributed by atoms with Gasteiger partial charge in [0.05, 0.1) is 5.71 Å². The normalized spacial score (nSPS) is 16.4. The molecule has 1 aliphatic rings. The molecule has 0 fully saturated rings. The molecule has 2 aromatic rings. The van der Waals surface area contributed by atoms with Crippen LogP contribution < -0.4 is 5.43 Å². The second kappa shape index (κ2) is 6.16. The number of amides is 1. The molecule has 0 unspecified atom stereocenters. The smallest absolute Gasteiger partial charge is 0.267 e.